The summed E-state index contributed by atoms with van der Waals surface area (Å²) in [4.78, 5) is 11.6. The van der Waals surface area contributed by atoms with Gasteiger partial charge in [-0.1, -0.05) is 26.7 Å². The van der Waals surface area contributed by atoms with Crippen LogP contribution in [-0.4, -0.2) is 29.6 Å². The first-order valence-electron chi connectivity index (χ1n) is 10.4. The largest absolute Gasteiger partial charge is 0.372 e. The number of nitrogens with one attached hydrogen (secondary N) is 2. The predicted molar refractivity (Wildman–Crippen MR) is 115 cm³/mol. The zero-order valence-electron chi connectivity index (χ0n) is 17.0. The van der Waals surface area contributed by atoms with Crippen LogP contribution in [0.4, 0.5) is 23.1 Å². The molecule has 0 spiro atoms. The van der Waals surface area contributed by atoms with E-state index in [0.717, 1.165) is 49.2 Å². The molecule has 2 N–H and O–H groups in total. The van der Waals surface area contributed by atoms with Gasteiger partial charge >= 0.3 is 0 Å². The molecule has 2 heterocycles. The van der Waals surface area contributed by atoms with Crippen LogP contribution in [-0.2, 0) is 0 Å². The summed E-state index contributed by atoms with van der Waals surface area (Å²) >= 11 is 0. The van der Waals surface area contributed by atoms with Gasteiger partial charge in [0.05, 0.1) is 0 Å². The van der Waals surface area contributed by atoms with E-state index in [9.17, 15) is 0 Å². The number of nitrogens with zero attached hydrogens (tertiary/aromatic N) is 3. The standard InChI is InChI=1S/C22H33N5/c1-4-5-6-13-23-22-24-18(3)16-21(26-22)25-19-7-9-20(10-8-19)27-14-11-17(2)12-15-27/h7-10,16-17H,4-6,11-15H2,1-3H3,(H2,23,24,25,26). The van der Waals surface area contributed by atoms with Crippen molar-refractivity contribution in [3.63, 3.8) is 0 Å². The fraction of sp³-hybridized carbons (Fsp3) is 0.545. The first-order chi connectivity index (χ1) is 13.1. The molecule has 5 heteroatoms. The number of hydrogen-bond acceptors (Lipinski definition) is 5. The van der Waals surface area contributed by atoms with Crippen LogP contribution in [0.1, 0.15) is 51.6 Å². The van der Waals surface area contributed by atoms with Gasteiger partial charge in [-0.25, -0.2) is 4.98 Å². The second kappa shape index (κ2) is 9.58. The molecule has 0 radical (unpaired) electrons. The average Bonchev–Trinajstić information content (AvgIpc) is 2.66. The monoisotopic (exact) mass is 367 g/mol. The van der Waals surface area contributed by atoms with Crippen molar-refractivity contribution >= 4 is 23.1 Å². The summed E-state index contributed by atoms with van der Waals surface area (Å²) in [7, 11) is 0. The summed E-state index contributed by atoms with van der Waals surface area (Å²) in [5.74, 6) is 2.39. The Bertz CT molecular complexity index is 705. The van der Waals surface area contributed by atoms with Crippen molar-refractivity contribution in [1.29, 1.82) is 0 Å². The molecular formula is C22H33N5. The second-order valence-corrected chi connectivity index (χ2v) is 7.69. The number of anilines is 4. The quantitative estimate of drug-likeness (QED) is 0.615. The van der Waals surface area contributed by atoms with E-state index in [2.05, 4.69) is 63.6 Å². The van der Waals surface area contributed by atoms with Gasteiger partial charge in [0.25, 0.3) is 0 Å². The average molecular weight is 368 g/mol. The number of piperidine rings is 1. The Morgan fingerprint density at radius 2 is 1.81 bits per heavy atom. The van der Waals surface area contributed by atoms with Crippen molar-refractivity contribution in [3.8, 4) is 0 Å². The molecule has 1 aliphatic rings. The molecule has 0 unspecified atom stereocenters. The number of hydrogen-bond donors (Lipinski definition) is 2. The number of aromatic nitrogens is 2. The summed E-state index contributed by atoms with van der Waals surface area (Å²) in [6.07, 6.45) is 6.16. The number of rotatable bonds is 8. The maximum Gasteiger partial charge on any atom is 0.224 e. The van der Waals surface area contributed by atoms with Crippen LogP contribution in [0.25, 0.3) is 0 Å². The molecule has 3 rings (SSSR count). The molecule has 0 atom stereocenters. The Balaban J connectivity index is 1.60. The van der Waals surface area contributed by atoms with Crippen molar-refractivity contribution in [2.45, 2.75) is 52.9 Å². The zero-order chi connectivity index (χ0) is 19.1. The first-order valence-corrected chi connectivity index (χ1v) is 10.4. The molecule has 1 aliphatic heterocycles. The van der Waals surface area contributed by atoms with Gasteiger partial charge in [0.2, 0.25) is 5.95 Å². The molecular weight excluding hydrogens is 334 g/mol. The minimum Gasteiger partial charge on any atom is -0.372 e. The van der Waals surface area contributed by atoms with E-state index >= 15 is 0 Å². The summed E-state index contributed by atoms with van der Waals surface area (Å²) in [6, 6.07) is 10.7. The van der Waals surface area contributed by atoms with Gasteiger partial charge in [0.15, 0.2) is 0 Å². The van der Waals surface area contributed by atoms with E-state index in [0.29, 0.717) is 5.95 Å². The normalized spacial score (nSPS) is 15.0. The molecule has 0 amide bonds. The summed E-state index contributed by atoms with van der Waals surface area (Å²) in [6.45, 7) is 9.80. The molecule has 1 saturated heterocycles. The fourth-order valence-electron chi connectivity index (χ4n) is 3.46. The van der Waals surface area contributed by atoms with E-state index in [1.165, 1.54) is 31.4 Å². The highest BCUT2D eigenvalue weighted by molar-refractivity contribution is 5.61. The van der Waals surface area contributed by atoms with Gasteiger partial charge in [-0.05, 0) is 56.4 Å². The van der Waals surface area contributed by atoms with Gasteiger partial charge in [-0.15, -0.1) is 0 Å². The van der Waals surface area contributed by atoms with E-state index in [1.54, 1.807) is 0 Å². The Labute approximate surface area is 163 Å². The molecule has 1 aromatic heterocycles. The molecule has 1 aromatic carbocycles. The highest BCUT2D eigenvalue weighted by Gasteiger charge is 2.15. The van der Waals surface area contributed by atoms with Gasteiger partial charge in [0.1, 0.15) is 5.82 Å². The highest BCUT2D eigenvalue weighted by Crippen LogP contribution is 2.25. The molecule has 5 nitrogen and oxygen atoms in total. The Morgan fingerprint density at radius 1 is 1.07 bits per heavy atom. The van der Waals surface area contributed by atoms with Crippen molar-refractivity contribution in [3.05, 3.63) is 36.0 Å². The van der Waals surface area contributed by atoms with Crippen LogP contribution in [0.15, 0.2) is 30.3 Å². The lowest BCUT2D eigenvalue weighted by atomic mass is 9.99. The maximum absolute atomic E-state index is 4.60. The number of benzene rings is 1. The molecule has 0 bridgehead atoms. The Morgan fingerprint density at radius 3 is 2.52 bits per heavy atom. The smallest absolute Gasteiger partial charge is 0.224 e. The van der Waals surface area contributed by atoms with Gasteiger partial charge < -0.3 is 15.5 Å². The van der Waals surface area contributed by atoms with Gasteiger partial charge in [-0.3, -0.25) is 0 Å². The first kappa shape index (κ1) is 19.5. The summed E-state index contributed by atoms with van der Waals surface area (Å²) in [5, 5.41) is 6.75. The third-order valence-corrected chi connectivity index (χ3v) is 5.21. The van der Waals surface area contributed by atoms with Crippen LogP contribution in [0.5, 0.6) is 0 Å². The maximum atomic E-state index is 4.60. The Kier molecular flexibility index (Phi) is 6.91. The third kappa shape index (κ3) is 5.84. The SMILES string of the molecule is CCCCCNc1nc(C)cc(Nc2ccc(N3CCC(C)CC3)cc2)n1. The van der Waals surface area contributed by atoms with Gasteiger partial charge in [0, 0.05) is 42.8 Å². The van der Waals surface area contributed by atoms with E-state index < -0.39 is 0 Å². The lowest BCUT2D eigenvalue weighted by Crippen LogP contribution is -2.32. The predicted octanol–water partition coefficient (Wildman–Crippen LogP) is 5.37. The second-order valence-electron chi connectivity index (χ2n) is 7.69. The third-order valence-electron chi connectivity index (χ3n) is 5.21. The molecule has 2 aromatic rings. The van der Waals surface area contributed by atoms with Crippen LogP contribution < -0.4 is 15.5 Å². The topological polar surface area (TPSA) is 53.1 Å². The van der Waals surface area contributed by atoms with Crippen LogP contribution >= 0.6 is 0 Å². The minimum atomic E-state index is 0.702. The van der Waals surface area contributed by atoms with Crippen molar-refractivity contribution in [2.75, 3.05) is 35.2 Å². The Hall–Kier alpha value is -2.30. The van der Waals surface area contributed by atoms with E-state index in [-0.39, 0.29) is 0 Å². The van der Waals surface area contributed by atoms with E-state index in [4.69, 9.17) is 0 Å². The lowest BCUT2D eigenvalue weighted by molar-refractivity contribution is 0.438. The van der Waals surface area contributed by atoms with Crippen molar-refractivity contribution in [1.82, 2.24) is 9.97 Å². The van der Waals surface area contributed by atoms with E-state index in [1.807, 2.05) is 13.0 Å². The molecule has 0 saturated carbocycles. The van der Waals surface area contributed by atoms with Crippen LogP contribution in [0, 0.1) is 12.8 Å². The van der Waals surface area contributed by atoms with Crippen LogP contribution in [0.3, 0.4) is 0 Å². The van der Waals surface area contributed by atoms with Crippen molar-refractivity contribution < 1.29 is 0 Å². The summed E-state index contributed by atoms with van der Waals surface area (Å²) in [5.41, 5.74) is 3.33. The lowest BCUT2D eigenvalue weighted by Gasteiger charge is -2.32. The molecule has 27 heavy (non-hydrogen) atoms. The molecule has 146 valence electrons. The zero-order valence-corrected chi connectivity index (χ0v) is 17.0. The minimum absolute atomic E-state index is 0.702. The number of aryl methyl sites for hydroxylation is 1. The van der Waals surface area contributed by atoms with Crippen molar-refractivity contribution in [2.24, 2.45) is 5.92 Å². The summed E-state index contributed by atoms with van der Waals surface area (Å²) < 4.78 is 0. The van der Waals surface area contributed by atoms with Crippen LogP contribution in [0.2, 0.25) is 0 Å². The van der Waals surface area contributed by atoms with Gasteiger partial charge in [-0.2, -0.15) is 4.98 Å². The number of unbranched alkanes of at least 4 members (excludes halogenated alkanes) is 2. The highest BCUT2D eigenvalue weighted by atomic mass is 15.1. The fourth-order valence-corrected chi connectivity index (χ4v) is 3.46. The molecule has 1 fully saturated rings. The molecule has 0 aliphatic carbocycles.